The molecular weight excluding hydrogens is 228 g/mol. The summed E-state index contributed by atoms with van der Waals surface area (Å²) in [5.41, 5.74) is 0.973. The SMILES string of the molecule is COC1=CC(=O)c2ccccc2C12CC=CCO2. The van der Waals surface area contributed by atoms with Gasteiger partial charge in [0.1, 0.15) is 5.76 Å². The van der Waals surface area contributed by atoms with Crippen LogP contribution in [0.2, 0.25) is 0 Å². The number of carbonyl (C=O) groups excluding carboxylic acids is 1. The summed E-state index contributed by atoms with van der Waals surface area (Å²) in [7, 11) is 1.58. The fourth-order valence-corrected chi connectivity index (χ4v) is 2.65. The Morgan fingerprint density at radius 1 is 1.28 bits per heavy atom. The first kappa shape index (κ1) is 11.2. The lowest BCUT2D eigenvalue weighted by Crippen LogP contribution is -2.38. The summed E-state index contributed by atoms with van der Waals surface area (Å²) >= 11 is 0. The third-order valence-electron chi connectivity index (χ3n) is 3.51. The number of methoxy groups -OCH3 is 1. The lowest BCUT2D eigenvalue weighted by Gasteiger charge is -2.39. The van der Waals surface area contributed by atoms with E-state index in [1.807, 2.05) is 30.3 Å². The summed E-state index contributed by atoms with van der Waals surface area (Å²) < 4.78 is 11.3. The first-order chi connectivity index (χ1) is 8.78. The van der Waals surface area contributed by atoms with Crippen molar-refractivity contribution in [2.24, 2.45) is 0 Å². The van der Waals surface area contributed by atoms with E-state index < -0.39 is 5.60 Å². The number of hydrogen-bond acceptors (Lipinski definition) is 3. The summed E-state index contributed by atoms with van der Waals surface area (Å²) in [5, 5.41) is 0. The van der Waals surface area contributed by atoms with Crippen molar-refractivity contribution in [2.75, 3.05) is 13.7 Å². The second-order valence-corrected chi connectivity index (χ2v) is 4.44. The van der Waals surface area contributed by atoms with Gasteiger partial charge in [-0.2, -0.15) is 0 Å². The molecule has 3 rings (SSSR count). The smallest absolute Gasteiger partial charge is 0.189 e. The first-order valence-electron chi connectivity index (χ1n) is 5.97. The van der Waals surface area contributed by atoms with Gasteiger partial charge >= 0.3 is 0 Å². The van der Waals surface area contributed by atoms with E-state index in [0.29, 0.717) is 24.4 Å². The Hall–Kier alpha value is -1.87. The molecule has 1 aliphatic carbocycles. The molecule has 0 N–H and O–H groups in total. The number of benzene rings is 1. The van der Waals surface area contributed by atoms with E-state index >= 15 is 0 Å². The van der Waals surface area contributed by atoms with Gasteiger partial charge in [-0.1, -0.05) is 36.4 Å². The average molecular weight is 242 g/mol. The van der Waals surface area contributed by atoms with Gasteiger partial charge in [0.25, 0.3) is 0 Å². The maximum atomic E-state index is 12.1. The van der Waals surface area contributed by atoms with Crippen LogP contribution in [0.3, 0.4) is 0 Å². The van der Waals surface area contributed by atoms with Gasteiger partial charge in [-0.15, -0.1) is 0 Å². The van der Waals surface area contributed by atoms with E-state index in [1.54, 1.807) is 13.2 Å². The molecule has 0 fully saturated rings. The molecule has 1 unspecified atom stereocenters. The summed E-state index contributed by atoms with van der Waals surface area (Å²) in [4.78, 5) is 12.1. The second-order valence-electron chi connectivity index (χ2n) is 4.44. The largest absolute Gasteiger partial charge is 0.497 e. The van der Waals surface area contributed by atoms with Crippen molar-refractivity contribution in [3.8, 4) is 0 Å². The van der Waals surface area contributed by atoms with Gasteiger partial charge in [0.05, 0.1) is 13.7 Å². The zero-order valence-electron chi connectivity index (χ0n) is 10.2. The molecule has 92 valence electrons. The van der Waals surface area contributed by atoms with Gasteiger partial charge in [0.15, 0.2) is 11.4 Å². The lowest BCUT2D eigenvalue weighted by atomic mass is 9.79. The molecule has 1 spiro atoms. The molecule has 1 aliphatic heterocycles. The molecule has 1 aromatic rings. The number of ketones is 1. The monoisotopic (exact) mass is 242 g/mol. The van der Waals surface area contributed by atoms with E-state index in [0.717, 1.165) is 5.56 Å². The van der Waals surface area contributed by atoms with Gasteiger partial charge < -0.3 is 9.47 Å². The third kappa shape index (κ3) is 1.44. The van der Waals surface area contributed by atoms with Gasteiger partial charge in [-0.3, -0.25) is 4.79 Å². The van der Waals surface area contributed by atoms with Crippen LogP contribution in [-0.4, -0.2) is 19.5 Å². The predicted molar refractivity (Wildman–Crippen MR) is 67.3 cm³/mol. The van der Waals surface area contributed by atoms with Crippen molar-refractivity contribution in [2.45, 2.75) is 12.0 Å². The Morgan fingerprint density at radius 2 is 2.11 bits per heavy atom. The molecule has 0 saturated carbocycles. The van der Waals surface area contributed by atoms with Gasteiger partial charge in [0, 0.05) is 23.6 Å². The van der Waals surface area contributed by atoms with Crippen LogP contribution in [0.25, 0.3) is 0 Å². The molecule has 3 nitrogen and oxygen atoms in total. The Balaban J connectivity index is 2.23. The van der Waals surface area contributed by atoms with Crippen LogP contribution >= 0.6 is 0 Å². The van der Waals surface area contributed by atoms with E-state index in [-0.39, 0.29) is 5.78 Å². The molecule has 1 atom stereocenters. The Kier molecular flexibility index (Phi) is 2.56. The van der Waals surface area contributed by atoms with Crippen LogP contribution in [-0.2, 0) is 15.1 Å². The van der Waals surface area contributed by atoms with E-state index in [4.69, 9.17) is 9.47 Å². The van der Waals surface area contributed by atoms with Crippen LogP contribution in [0.15, 0.2) is 48.3 Å². The van der Waals surface area contributed by atoms with Crippen molar-refractivity contribution in [3.05, 3.63) is 59.4 Å². The van der Waals surface area contributed by atoms with Gasteiger partial charge in [-0.25, -0.2) is 0 Å². The van der Waals surface area contributed by atoms with E-state index in [1.165, 1.54) is 0 Å². The average Bonchev–Trinajstić information content (AvgIpc) is 2.44. The number of carbonyl (C=O) groups is 1. The molecular formula is C15H14O3. The molecule has 0 radical (unpaired) electrons. The lowest BCUT2D eigenvalue weighted by molar-refractivity contribution is -0.0487. The van der Waals surface area contributed by atoms with Crippen molar-refractivity contribution >= 4 is 5.78 Å². The number of ether oxygens (including phenoxy) is 2. The highest BCUT2D eigenvalue weighted by atomic mass is 16.5. The highest BCUT2D eigenvalue weighted by Crippen LogP contribution is 2.44. The number of rotatable bonds is 1. The molecule has 3 heteroatoms. The Bertz CT molecular complexity index is 557. The van der Waals surface area contributed by atoms with Crippen LogP contribution in [0.5, 0.6) is 0 Å². The maximum absolute atomic E-state index is 12.1. The van der Waals surface area contributed by atoms with Crippen LogP contribution < -0.4 is 0 Å². The topological polar surface area (TPSA) is 35.5 Å². The molecule has 0 aromatic heterocycles. The number of hydrogen-bond donors (Lipinski definition) is 0. The minimum atomic E-state index is -0.631. The van der Waals surface area contributed by atoms with E-state index in [9.17, 15) is 4.79 Å². The Labute approximate surface area is 106 Å². The third-order valence-corrected chi connectivity index (χ3v) is 3.51. The molecule has 1 aromatic carbocycles. The Morgan fingerprint density at radius 3 is 2.83 bits per heavy atom. The van der Waals surface area contributed by atoms with Crippen LogP contribution in [0, 0.1) is 0 Å². The van der Waals surface area contributed by atoms with Crippen molar-refractivity contribution in [1.82, 2.24) is 0 Å². The predicted octanol–water partition coefficient (Wildman–Crippen LogP) is 2.59. The second kappa shape index (κ2) is 4.10. The molecule has 0 bridgehead atoms. The molecule has 0 saturated heterocycles. The highest BCUT2D eigenvalue weighted by molar-refractivity contribution is 6.07. The highest BCUT2D eigenvalue weighted by Gasteiger charge is 2.44. The first-order valence-corrected chi connectivity index (χ1v) is 5.97. The fraction of sp³-hybridized carbons (Fsp3) is 0.267. The minimum absolute atomic E-state index is 0.0220. The van der Waals surface area contributed by atoms with Crippen LogP contribution in [0.4, 0.5) is 0 Å². The van der Waals surface area contributed by atoms with E-state index in [2.05, 4.69) is 6.08 Å². The summed E-state index contributed by atoms with van der Waals surface area (Å²) in [6.07, 6.45) is 6.29. The summed E-state index contributed by atoms with van der Waals surface area (Å²) in [6.45, 7) is 0.531. The van der Waals surface area contributed by atoms with Crippen molar-refractivity contribution in [3.63, 3.8) is 0 Å². The van der Waals surface area contributed by atoms with Gasteiger partial charge in [-0.05, 0) is 0 Å². The van der Waals surface area contributed by atoms with Crippen molar-refractivity contribution in [1.29, 1.82) is 0 Å². The normalized spacial score (nSPS) is 25.8. The molecule has 2 aliphatic rings. The molecule has 18 heavy (non-hydrogen) atoms. The fourth-order valence-electron chi connectivity index (χ4n) is 2.65. The van der Waals surface area contributed by atoms with Crippen molar-refractivity contribution < 1.29 is 14.3 Å². The number of fused-ring (bicyclic) bond motifs is 2. The maximum Gasteiger partial charge on any atom is 0.189 e. The van der Waals surface area contributed by atoms with Gasteiger partial charge in [0.2, 0.25) is 0 Å². The van der Waals surface area contributed by atoms with Crippen LogP contribution in [0.1, 0.15) is 22.3 Å². The number of allylic oxidation sites excluding steroid dienone is 1. The standard InChI is InChI=1S/C15H14O3/c1-17-14-10-13(16)11-6-2-3-7-12(11)15(14)8-4-5-9-18-15/h2-7,10H,8-9H2,1H3. The zero-order chi connectivity index (χ0) is 12.6. The minimum Gasteiger partial charge on any atom is -0.497 e. The molecule has 0 amide bonds. The summed E-state index contributed by atoms with van der Waals surface area (Å²) in [5.74, 6) is 0.571. The molecule has 1 heterocycles. The zero-order valence-corrected chi connectivity index (χ0v) is 10.2. The summed E-state index contributed by atoms with van der Waals surface area (Å²) in [6, 6.07) is 7.57. The quantitative estimate of drug-likeness (QED) is 0.710.